The molecule has 0 aliphatic rings. The number of nitrogen functional groups attached to an aromatic ring is 1. The predicted molar refractivity (Wildman–Crippen MR) is 64.6 cm³/mol. The third-order valence-corrected chi connectivity index (χ3v) is 2.48. The van der Waals surface area contributed by atoms with Gasteiger partial charge < -0.3 is 5.73 Å². The molecule has 0 aliphatic heterocycles. The summed E-state index contributed by atoms with van der Waals surface area (Å²) >= 11 is 11.7. The van der Waals surface area contributed by atoms with Gasteiger partial charge in [0.15, 0.2) is 0 Å². The van der Waals surface area contributed by atoms with Crippen molar-refractivity contribution in [2.45, 2.75) is 0 Å². The summed E-state index contributed by atoms with van der Waals surface area (Å²) in [5, 5.41) is 12.6. The molecule has 1 aromatic heterocycles. The minimum atomic E-state index is -0.0433. The van der Waals surface area contributed by atoms with E-state index in [1.807, 2.05) is 0 Å². The summed E-state index contributed by atoms with van der Waals surface area (Å²) in [6, 6.07) is 5.03. The van der Waals surface area contributed by atoms with Crippen molar-refractivity contribution in [3.05, 3.63) is 46.2 Å². The summed E-state index contributed by atoms with van der Waals surface area (Å²) in [5.74, 6) is -0.0433. The minimum absolute atomic E-state index is 0.0433. The highest BCUT2D eigenvalue weighted by Crippen LogP contribution is 2.20. The van der Waals surface area contributed by atoms with Gasteiger partial charge in [-0.25, -0.2) is 4.68 Å². The quantitative estimate of drug-likeness (QED) is 0.639. The van der Waals surface area contributed by atoms with Crippen molar-refractivity contribution in [1.82, 2.24) is 9.78 Å². The van der Waals surface area contributed by atoms with Gasteiger partial charge >= 0.3 is 0 Å². The molecule has 0 atom stereocenters. The van der Waals surface area contributed by atoms with E-state index in [2.05, 4.69) is 5.10 Å². The van der Waals surface area contributed by atoms with Crippen molar-refractivity contribution in [2.75, 3.05) is 0 Å². The molecule has 0 unspecified atom stereocenters. The molecular weight excluding hydrogens is 247 g/mol. The van der Waals surface area contributed by atoms with Gasteiger partial charge in [0.05, 0.1) is 16.9 Å². The molecule has 0 aliphatic carbocycles. The van der Waals surface area contributed by atoms with Crippen LogP contribution in [0.2, 0.25) is 10.0 Å². The SMILES string of the molecule is N=C(N)c1ccc(Cl)cc1-n1cc(Cl)cn1. The van der Waals surface area contributed by atoms with Crippen molar-refractivity contribution >= 4 is 29.0 Å². The summed E-state index contributed by atoms with van der Waals surface area (Å²) < 4.78 is 1.53. The van der Waals surface area contributed by atoms with Crippen LogP contribution >= 0.6 is 23.2 Å². The fraction of sp³-hybridized carbons (Fsp3) is 0. The van der Waals surface area contributed by atoms with E-state index in [0.717, 1.165) is 0 Å². The molecule has 2 rings (SSSR count). The highest BCUT2D eigenvalue weighted by Gasteiger charge is 2.09. The van der Waals surface area contributed by atoms with Crippen LogP contribution in [-0.4, -0.2) is 15.6 Å². The molecule has 1 aromatic carbocycles. The molecule has 0 spiro atoms. The Kier molecular flexibility index (Phi) is 2.85. The Hall–Kier alpha value is -1.52. The number of hydrogen-bond acceptors (Lipinski definition) is 2. The minimum Gasteiger partial charge on any atom is -0.384 e. The summed E-state index contributed by atoms with van der Waals surface area (Å²) in [6.45, 7) is 0. The first-order valence-electron chi connectivity index (χ1n) is 4.42. The molecule has 0 fully saturated rings. The molecule has 16 heavy (non-hydrogen) atoms. The zero-order valence-electron chi connectivity index (χ0n) is 8.11. The maximum atomic E-state index is 7.46. The number of nitrogens with one attached hydrogen (secondary N) is 1. The lowest BCUT2D eigenvalue weighted by atomic mass is 10.1. The Balaban J connectivity index is 2.62. The number of rotatable bonds is 2. The second kappa shape index (κ2) is 4.15. The van der Waals surface area contributed by atoms with Crippen LogP contribution in [0.1, 0.15) is 5.56 Å². The summed E-state index contributed by atoms with van der Waals surface area (Å²) in [7, 11) is 0. The third kappa shape index (κ3) is 2.03. The van der Waals surface area contributed by atoms with Crippen LogP contribution in [0.15, 0.2) is 30.6 Å². The van der Waals surface area contributed by atoms with Crippen LogP contribution in [0.25, 0.3) is 5.69 Å². The highest BCUT2D eigenvalue weighted by atomic mass is 35.5. The van der Waals surface area contributed by atoms with Crippen LogP contribution in [0.3, 0.4) is 0 Å². The van der Waals surface area contributed by atoms with E-state index in [9.17, 15) is 0 Å². The van der Waals surface area contributed by atoms with Gasteiger partial charge in [0, 0.05) is 16.8 Å². The third-order valence-electron chi connectivity index (χ3n) is 2.05. The van der Waals surface area contributed by atoms with E-state index < -0.39 is 0 Å². The Labute approximate surface area is 102 Å². The van der Waals surface area contributed by atoms with Gasteiger partial charge in [-0.3, -0.25) is 5.41 Å². The zero-order chi connectivity index (χ0) is 11.7. The van der Waals surface area contributed by atoms with E-state index in [-0.39, 0.29) is 5.84 Å². The van der Waals surface area contributed by atoms with Crippen molar-refractivity contribution in [2.24, 2.45) is 5.73 Å². The molecule has 0 radical (unpaired) electrons. The smallest absolute Gasteiger partial charge is 0.124 e. The molecule has 0 amide bonds. The summed E-state index contributed by atoms with van der Waals surface area (Å²) in [5.41, 5.74) is 6.67. The largest absolute Gasteiger partial charge is 0.384 e. The average molecular weight is 255 g/mol. The van der Waals surface area contributed by atoms with Gasteiger partial charge in [0.1, 0.15) is 5.84 Å². The maximum Gasteiger partial charge on any atom is 0.124 e. The van der Waals surface area contributed by atoms with Crippen molar-refractivity contribution in [1.29, 1.82) is 5.41 Å². The number of nitrogens with zero attached hydrogens (tertiary/aromatic N) is 2. The summed E-state index contributed by atoms with van der Waals surface area (Å²) in [6.07, 6.45) is 3.13. The van der Waals surface area contributed by atoms with E-state index in [1.54, 1.807) is 24.4 Å². The second-order valence-electron chi connectivity index (χ2n) is 3.18. The number of aromatic nitrogens is 2. The van der Waals surface area contributed by atoms with Crippen LogP contribution in [0.5, 0.6) is 0 Å². The Bertz CT molecular complexity index is 548. The van der Waals surface area contributed by atoms with Crippen LogP contribution < -0.4 is 5.73 Å². The average Bonchev–Trinajstić information content (AvgIpc) is 2.64. The first-order chi connectivity index (χ1) is 7.58. The first-order valence-corrected chi connectivity index (χ1v) is 5.18. The number of halogens is 2. The molecular formula is C10H8Cl2N4. The summed E-state index contributed by atoms with van der Waals surface area (Å²) in [4.78, 5) is 0. The molecule has 6 heteroatoms. The lowest BCUT2D eigenvalue weighted by Crippen LogP contribution is -2.14. The molecule has 3 N–H and O–H groups in total. The molecule has 1 heterocycles. The fourth-order valence-corrected chi connectivity index (χ4v) is 1.66. The van der Waals surface area contributed by atoms with Crippen LogP contribution in [0, 0.1) is 5.41 Å². The molecule has 0 saturated heterocycles. The van der Waals surface area contributed by atoms with Gasteiger partial charge in [-0.05, 0) is 18.2 Å². The highest BCUT2D eigenvalue weighted by molar-refractivity contribution is 6.31. The maximum absolute atomic E-state index is 7.46. The predicted octanol–water partition coefficient (Wildman–Crippen LogP) is 2.46. The molecule has 0 saturated carbocycles. The van der Waals surface area contributed by atoms with Gasteiger partial charge in [0.2, 0.25) is 0 Å². The lowest BCUT2D eigenvalue weighted by molar-refractivity contribution is 0.878. The van der Waals surface area contributed by atoms with E-state index in [4.69, 9.17) is 34.3 Å². The van der Waals surface area contributed by atoms with Gasteiger partial charge in [-0.1, -0.05) is 23.2 Å². The fourth-order valence-electron chi connectivity index (χ4n) is 1.35. The molecule has 82 valence electrons. The van der Waals surface area contributed by atoms with E-state index in [0.29, 0.717) is 21.3 Å². The Morgan fingerprint density at radius 1 is 1.31 bits per heavy atom. The van der Waals surface area contributed by atoms with Crippen molar-refractivity contribution in [3.63, 3.8) is 0 Å². The number of benzene rings is 1. The zero-order valence-corrected chi connectivity index (χ0v) is 9.63. The van der Waals surface area contributed by atoms with Crippen molar-refractivity contribution < 1.29 is 0 Å². The first kappa shape index (κ1) is 11.0. The monoisotopic (exact) mass is 254 g/mol. The van der Waals surface area contributed by atoms with E-state index in [1.165, 1.54) is 10.9 Å². The Morgan fingerprint density at radius 3 is 2.62 bits per heavy atom. The normalized spacial score (nSPS) is 10.4. The van der Waals surface area contributed by atoms with Crippen molar-refractivity contribution in [3.8, 4) is 5.69 Å². The van der Waals surface area contributed by atoms with Crippen LogP contribution in [0.4, 0.5) is 0 Å². The van der Waals surface area contributed by atoms with Crippen LogP contribution in [-0.2, 0) is 0 Å². The van der Waals surface area contributed by atoms with Gasteiger partial charge in [0.25, 0.3) is 0 Å². The molecule has 2 aromatic rings. The number of amidine groups is 1. The standard InChI is InChI=1S/C10H8Cl2N4/c11-6-1-2-8(10(13)14)9(3-6)16-5-7(12)4-15-16/h1-5H,(H3,13,14). The van der Waals surface area contributed by atoms with Gasteiger partial charge in [-0.15, -0.1) is 0 Å². The molecule has 0 bridgehead atoms. The number of hydrogen-bond donors (Lipinski definition) is 2. The molecule has 4 nitrogen and oxygen atoms in total. The van der Waals surface area contributed by atoms with E-state index >= 15 is 0 Å². The number of nitrogens with two attached hydrogens (primary N) is 1. The van der Waals surface area contributed by atoms with Gasteiger partial charge in [-0.2, -0.15) is 5.10 Å². The second-order valence-corrected chi connectivity index (χ2v) is 4.05. The topological polar surface area (TPSA) is 67.7 Å². The Morgan fingerprint density at radius 2 is 2.06 bits per heavy atom. The lowest BCUT2D eigenvalue weighted by Gasteiger charge is -2.08.